The van der Waals surface area contributed by atoms with Crippen LogP contribution in [0.4, 0.5) is 5.69 Å². The standard InChI is InChI=1S/C25H30Cl3N5O3/c1-29-8-3-9-30-20-15-21-16(14-19(20)28)23(34)32-25(36-21)6-11-33(12-7-25)13-10-31-24(35)22-17(26)4-2-5-18(22)27/h2,4-5,14-15,29-30H,3,6-13H2,1H3,(H,31,35)(H,32,34). The first-order chi connectivity index (χ1) is 17.3. The minimum atomic E-state index is -0.758. The summed E-state index contributed by atoms with van der Waals surface area (Å²) >= 11 is 18.6. The molecule has 11 heteroatoms. The summed E-state index contributed by atoms with van der Waals surface area (Å²) in [5.41, 5.74) is 0.718. The van der Waals surface area contributed by atoms with Crippen LogP contribution in [0.1, 0.15) is 40.0 Å². The number of fused-ring (bicyclic) bond motifs is 1. The van der Waals surface area contributed by atoms with E-state index in [-0.39, 0.29) is 17.4 Å². The number of likely N-dealkylation sites (tertiary alicyclic amines) is 1. The molecule has 0 aliphatic carbocycles. The molecule has 2 aliphatic heterocycles. The second kappa shape index (κ2) is 11.9. The lowest BCUT2D eigenvalue weighted by Gasteiger charge is -2.44. The highest BCUT2D eigenvalue weighted by atomic mass is 35.5. The molecule has 0 aromatic heterocycles. The maximum Gasteiger partial charge on any atom is 0.258 e. The zero-order chi connectivity index (χ0) is 25.7. The van der Waals surface area contributed by atoms with Crippen LogP contribution < -0.4 is 26.0 Å². The van der Waals surface area contributed by atoms with Gasteiger partial charge < -0.3 is 30.9 Å². The molecule has 2 aliphatic rings. The molecular formula is C25H30Cl3N5O3. The fourth-order valence-corrected chi connectivity index (χ4v) is 5.24. The molecule has 1 spiro atoms. The maximum absolute atomic E-state index is 12.9. The SMILES string of the molecule is CNCCCNc1cc2c(cc1Cl)C(=O)NC1(CCN(CCNC(=O)c3c(Cl)cccc3Cl)CC1)O2. The van der Waals surface area contributed by atoms with Gasteiger partial charge in [-0.1, -0.05) is 40.9 Å². The van der Waals surface area contributed by atoms with E-state index in [1.807, 2.05) is 13.1 Å². The number of carbonyl (C=O) groups excluding carboxylic acids is 2. The number of carbonyl (C=O) groups is 2. The molecular weight excluding hydrogens is 525 g/mol. The molecule has 8 nitrogen and oxygen atoms in total. The number of nitrogens with one attached hydrogen (secondary N) is 4. The molecule has 194 valence electrons. The molecule has 0 bridgehead atoms. The molecule has 2 aromatic rings. The summed E-state index contributed by atoms with van der Waals surface area (Å²) in [6.07, 6.45) is 2.18. The van der Waals surface area contributed by atoms with Crippen LogP contribution in [-0.2, 0) is 0 Å². The number of nitrogens with zero attached hydrogens (tertiary/aromatic N) is 1. The predicted octanol–water partition coefficient (Wildman–Crippen LogP) is 4.01. The van der Waals surface area contributed by atoms with E-state index in [1.165, 1.54) is 0 Å². The molecule has 4 rings (SSSR count). The summed E-state index contributed by atoms with van der Waals surface area (Å²) in [5, 5.41) is 13.5. The van der Waals surface area contributed by atoms with E-state index in [0.29, 0.717) is 65.4 Å². The Morgan fingerprint density at radius 2 is 1.81 bits per heavy atom. The summed E-state index contributed by atoms with van der Waals surface area (Å²) in [5.74, 6) is 0.0569. The molecule has 1 saturated heterocycles. The molecule has 2 aromatic carbocycles. The first-order valence-corrected chi connectivity index (χ1v) is 13.1. The third-order valence-electron chi connectivity index (χ3n) is 6.45. The van der Waals surface area contributed by atoms with Gasteiger partial charge in [-0.05, 0) is 38.2 Å². The third kappa shape index (κ3) is 6.18. The zero-order valence-corrected chi connectivity index (χ0v) is 22.3. The minimum absolute atomic E-state index is 0.183. The van der Waals surface area contributed by atoms with Crippen molar-refractivity contribution in [3.05, 3.63) is 56.5 Å². The quantitative estimate of drug-likeness (QED) is 0.350. The van der Waals surface area contributed by atoms with Crippen LogP contribution in [0.2, 0.25) is 15.1 Å². The first kappa shape index (κ1) is 26.8. The van der Waals surface area contributed by atoms with Gasteiger partial charge in [0, 0.05) is 51.6 Å². The highest BCUT2D eigenvalue weighted by Crippen LogP contribution is 2.38. The number of anilines is 1. The Morgan fingerprint density at radius 1 is 1.08 bits per heavy atom. The van der Waals surface area contributed by atoms with Gasteiger partial charge in [-0.2, -0.15) is 0 Å². The summed E-state index contributed by atoms with van der Waals surface area (Å²) in [6, 6.07) is 8.45. The van der Waals surface area contributed by atoms with Crippen LogP contribution >= 0.6 is 34.8 Å². The van der Waals surface area contributed by atoms with Gasteiger partial charge in [0.05, 0.1) is 31.9 Å². The number of hydrogen-bond donors (Lipinski definition) is 4. The van der Waals surface area contributed by atoms with E-state index in [2.05, 4.69) is 26.2 Å². The predicted molar refractivity (Wildman–Crippen MR) is 144 cm³/mol. The number of benzene rings is 2. The molecule has 0 saturated carbocycles. The number of piperidine rings is 1. The van der Waals surface area contributed by atoms with Gasteiger partial charge in [0.1, 0.15) is 5.75 Å². The second-order valence-electron chi connectivity index (χ2n) is 8.96. The Kier molecular flexibility index (Phi) is 8.85. The zero-order valence-electron chi connectivity index (χ0n) is 20.1. The van der Waals surface area contributed by atoms with Crippen molar-refractivity contribution in [1.82, 2.24) is 20.9 Å². The van der Waals surface area contributed by atoms with Crippen LogP contribution in [0.5, 0.6) is 5.75 Å². The van der Waals surface area contributed by atoms with Gasteiger partial charge in [0.15, 0.2) is 5.72 Å². The maximum atomic E-state index is 12.9. The van der Waals surface area contributed by atoms with Gasteiger partial charge in [-0.25, -0.2) is 0 Å². The first-order valence-electron chi connectivity index (χ1n) is 12.0. The monoisotopic (exact) mass is 553 g/mol. The van der Waals surface area contributed by atoms with E-state index < -0.39 is 5.72 Å². The van der Waals surface area contributed by atoms with Crippen LogP contribution in [0.15, 0.2) is 30.3 Å². The van der Waals surface area contributed by atoms with Crippen molar-refractivity contribution in [2.24, 2.45) is 0 Å². The molecule has 1 fully saturated rings. The molecule has 36 heavy (non-hydrogen) atoms. The Bertz CT molecular complexity index is 1100. The van der Waals surface area contributed by atoms with Crippen molar-refractivity contribution in [2.75, 3.05) is 51.6 Å². The third-order valence-corrected chi connectivity index (χ3v) is 7.39. The molecule has 2 heterocycles. The molecule has 0 atom stereocenters. The van der Waals surface area contributed by atoms with Crippen molar-refractivity contribution < 1.29 is 14.3 Å². The summed E-state index contributed by atoms with van der Waals surface area (Å²) in [4.78, 5) is 27.6. The van der Waals surface area contributed by atoms with Crippen molar-refractivity contribution >= 4 is 52.3 Å². The Balaban J connectivity index is 1.31. The lowest BCUT2D eigenvalue weighted by atomic mass is 9.96. The van der Waals surface area contributed by atoms with Gasteiger partial charge in [-0.3, -0.25) is 9.59 Å². The molecule has 4 N–H and O–H groups in total. The van der Waals surface area contributed by atoms with E-state index in [1.54, 1.807) is 24.3 Å². The highest BCUT2D eigenvalue weighted by Gasteiger charge is 2.42. The van der Waals surface area contributed by atoms with Gasteiger partial charge >= 0.3 is 0 Å². The van der Waals surface area contributed by atoms with Crippen molar-refractivity contribution in [3.8, 4) is 5.75 Å². The fraction of sp³-hybridized carbons (Fsp3) is 0.440. The lowest BCUT2D eigenvalue weighted by Crippen LogP contribution is -2.61. The van der Waals surface area contributed by atoms with Crippen LogP contribution in [0.3, 0.4) is 0 Å². The average Bonchev–Trinajstić information content (AvgIpc) is 2.84. The van der Waals surface area contributed by atoms with Crippen LogP contribution in [-0.4, -0.2) is 68.8 Å². The summed E-state index contributed by atoms with van der Waals surface area (Å²) < 4.78 is 6.36. The van der Waals surface area contributed by atoms with Crippen LogP contribution in [0, 0.1) is 0 Å². The normalized spacial score (nSPS) is 16.7. The van der Waals surface area contributed by atoms with E-state index >= 15 is 0 Å². The van der Waals surface area contributed by atoms with Gasteiger partial charge in [0.2, 0.25) is 0 Å². The summed E-state index contributed by atoms with van der Waals surface area (Å²) in [6.45, 7) is 4.17. The fourth-order valence-electron chi connectivity index (χ4n) is 4.44. The lowest BCUT2D eigenvalue weighted by molar-refractivity contribution is -0.0285. The minimum Gasteiger partial charge on any atom is -0.467 e. The molecule has 0 radical (unpaired) electrons. The average molecular weight is 555 g/mol. The smallest absolute Gasteiger partial charge is 0.258 e. The topological polar surface area (TPSA) is 94.7 Å². The van der Waals surface area contributed by atoms with Crippen molar-refractivity contribution in [2.45, 2.75) is 25.0 Å². The Hall–Kier alpha value is -2.23. The number of hydrogen-bond acceptors (Lipinski definition) is 6. The largest absolute Gasteiger partial charge is 0.467 e. The van der Waals surface area contributed by atoms with Gasteiger partial charge in [0.25, 0.3) is 11.8 Å². The summed E-state index contributed by atoms with van der Waals surface area (Å²) in [7, 11) is 1.91. The number of halogens is 3. The van der Waals surface area contributed by atoms with E-state index in [4.69, 9.17) is 39.5 Å². The van der Waals surface area contributed by atoms with E-state index in [9.17, 15) is 9.59 Å². The van der Waals surface area contributed by atoms with E-state index in [0.717, 1.165) is 25.2 Å². The van der Waals surface area contributed by atoms with Crippen molar-refractivity contribution in [3.63, 3.8) is 0 Å². The number of amides is 2. The molecule has 2 amide bonds. The second-order valence-corrected chi connectivity index (χ2v) is 10.2. The highest BCUT2D eigenvalue weighted by molar-refractivity contribution is 6.39. The number of rotatable bonds is 9. The molecule has 0 unspecified atom stereocenters. The van der Waals surface area contributed by atoms with Crippen molar-refractivity contribution in [1.29, 1.82) is 0 Å². The van der Waals surface area contributed by atoms with Crippen LogP contribution in [0.25, 0.3) is 0 Å². The Labute approximate surface area is 226 Å². The number of ether oxygens (including phenoxy) is 1. The Morgan fingerprint density at radius 3 is 2.50 bits per heavy atom. The van der Waals surface area contributed by atoms with Gasteiger partial charge in [-0.15, -0.1) is 0 Å².